The highest BCUT2D eigenvalue weighted by molar-refractivity contribution is 6.31. The van der Waals surface area contributed by atoms with Gasteiger partial charge in [-0.2, -0.15) is 0 Å². The normalized spacial score (nSPS) is 10.8. The van der Waals surface area contributed by atoms with Gasteiger partial charge in [-0.25, -0.2) is 0 Å². The monoisotopic (exact) mass is 482 g/mol. The van der Waals surface area contributed by atoms with Gasteiger partial charge in [-0.1, -0.05) is 90.6 Å². The van der Waals surface area contributed by atoms with Crippen LogP contribution in [0.1, 0.15) is 61.9 Å². The maximum Gasteiger partial charge on any atom is 0.156 e. The summed E-state index contributed by atoms with van der Waals surface area (Å²) in [5, 5.41) is 1.41. The molecule has 3 aromatic rings. The number of hydrogen-bond acceptors (Lipinski definition) is 1. The van der Waals surface area contributed by atoms with E-state index in [1.165, 1.54) is 16.7 Å². The summed E-state index contributed by atoms with van der Waals surface area (Å²) in [6.45, 7) is 13.9. The average Bonchev–Trinajstić information content (AvgIpc) is 2.80. The van der Waals surface area contributed by atoms with Crippen molar-refractivity contribution in [1.29, 1.82) is 0 Å². The van der Waals surface area contributed by atoms with Crippen LogP contribution >= 0.6 is 23.2 Å². The Morgan fingerprint density at radius 1 is 0.727 bits per heavy atom. The van der Waals surface area contributed by atoms with Crippen LogP contribution in [-0.2, 0) is 11.2 Å². The molecule has 176 valence electrons. The third-order valence-electron chi connectivity index (χ3n) is 5.28. The van der Waals surface area contributed by atoms with Crippen molar-refractivity contribution in [1.82, 2.24) is 0 Å². The fourth-order valence-corrected chi connectivity index (χ4v) is 3.64. The van der Waals surface area contributed by atoms with Crippen LogP contribution in [0.4, 0.5) is 0 Å². The van der Waals surface area contributed by atoms with Crippen LogP contribution in [0, 0.1) is 20.8 Å². The van der Waals surface area contributed by atoms with E-state index in [0.29, 0.717) is 11.4 Å². The molecule has 0 atom stereocenters. The zero-order valence-electron chi connectivity index (χ0n) is 20.9. The molecule has 0 unspecified atom stereocenters. The molecule has 0 bridgehead atoms. The first kappa shape index (κ1) is 28.7. The molecule has 0 heterocycles. The average molecular weight is 484 g/mol. The number of halogens is 2. The minimum atomic E-state index is 0.107. The van der Waals surface area contributed by atoms with Gasteiger partial charge in [0.1, 0.15) is 0 Å². The van der Waals surface area contributed by atoms with Crippen molar-refractivity contribution in [2.24, 2.45) is 0 Å². The highest BCUT2D eigenvalue weighted by Gasteiger charge is 2.12. The van der Waals surface area contributed by atoms with Crippen LogP contribution in [0.15, 0.2) is 72.3 Å². The maximum absolute atomic E-state index is 12.1. The van der Waals surface area contributed by atoms with Gasteiger partial charge in [-0.05, 0) is 99.6 Å². The van der Waals surface area contributed by atoms with Gasteiger partial charge in [0.15, 0.2) is 5.78 Å². The summed E-state index contributed by atoms with van der Waals surface area (Å²) < 4.78 is 0. The van der Waals surface area contributed by atoms with Crippen molar-refractivity contribution in [3.05, 3.63) is 110 Å². The van der Waals surface area contributed by atoms with Crippen molar-refractivity contribution < 1.29 is 4.79 Å². The molecule has 1 nitrogen and oxygen atoms in total. The summed E-state index contributed by atoms with van der Waals surface area (Å²) in [6.07, 6.45) is 1.51. The van der Waals surface area contributed by atoms with E-state index in [-0.39, 0.29) is 5.78 Å². The number of ketones is 1. The molecule has 0 aliphatic heterocycles. The Kier molecular flexibility index (Phi) is 12.8. The van der Waals surface area contributed by atoms with Gasteiger partial charge in [-0.3, -0.25) is 4.79 Å². The molecular weight excluding hydrogens is 447 g/mol. The smallest absolute Gasteiger partial charge is 0.156 e. The van der Waals surface area contributed by atoms with E-state index >= 15 is 0 Å². The lowest BCUT2D eigenvalue weighted by Crippen LogP contribution is -2.03. The second-order valence-corrected chi connectivity index (χ2v) is 8.77. The van der Waals surface area contributed by atoms with Gasteiger partial charge in [-0.15, -0.1) is 0 Å². The molecule has 0 aliphatic carbocycles. The highest BCUT2D eigenvalue weighted by atomic mass is 35.5. The molecule has 0 saturated carbocycles. The largest absolute Gasteiger partial charge is 0.295 e. The van der Waals surface area contributed by atoms with E-state index in [1.54, 1.807) is 6.92 Å². The molecule has 33 heavy (non-hydrogen) atoms. The number of allylic oxidation sites excluding steroid dienone is 2. The zero-order chi connectivity index (χ0) is 25.0. The first-order valence-electron chi connectivity index (χ1n) is 11.4. The number of carbonyl (C=O) groups is 1. The van der Waals surface area contributed by atoms with Crippen LogP contribution < -0.4 is 0 Å². The van der Waals surface area contributed by atoms with Crippen molar-refractivity contribution in [2.45, 2.75) is 61.3 Å². The summed E-state index contributed by atoms with van der Waals surface area (Å²) >= 11 is 12.0. The van der Waals surface area contributed by atoms with Crippen LogP contribution in [0.5, 0.6) is 0 Å². The third-order valence-corrected chi connectivity index (χ3v) is 5.76. The van der Waals surface area contributed by atoms with E-state index in [0.717, 1.165) is 33.7 Å². The fourth-order valence-electron chi connectivity index (χ4n) is 3.35. The van der Waals surface area contributed by atoms with Gasteiger partial charge in [0, 0.05) is 10.0 Å². The topological polar surface area (TPSA) is 17.1 Å². The van der Waals surface area contributed by atoms with Gasteiger partial charge < -0.3 is 0 Å². The van der Waals surface area contributed by atoms with E-state index in [9.17, 15) is 4.79 Å². The standard InChI is InChI=1S/C20H20Cl2O.C8H10.C2H6/c1-13-4-8-18(22)12-20(13)14(2)19(15(3)23)11-7-16-5-9-17(21)10-6-16;1-7-3-5-8(2)6-4-7;1-2/h4-6,8-10,12H,7,11H2,1-3H3;3-6H,1-2H3;1-2H3/b19-14+;;. The summed E-state index contributed by atoms with van der Waals surface area (Å²) in [5.74, 6) is 0.107. The summed E-state index contributed by atoms with van der Waals surface area (Å²) in [4.78, 5) is 12.1. The molecule has 0 radical (unpaired) electrons. The number of aryl methyl sites for hydroxylation is 4. The van der Waals surface area contributed by atoms with Gasteiger partial charge in [0.05, 0.1) is 0 Å². The first-order valence-corrected chi connectivity index (χ1v) is 12.2. The predicted molar refractivity (Wildman–Crippen MR) is 147 cm³/mol. The quantitative estimate of drug-likeness (QED) is 0.330. The molecule has 0 aliphatic rings. The third kappa shape index (κ3) is 9.98. The van der Waals surface area contributed by atoms with E-state index < -0.39 is 0 Å². The SMILES string of the molecule is CC.CC(=O)/C(CCc1ccc(Cl)cc1)=C(\C)c1cc(Cl)ccc1C.Cc1ccc(C)cc1. The summed E-state index contributed by atoms with van der Waals surface area (Å²) in [7, 11) is 0. The van der Waals surface area contributed by atoms with E-state index in [1.807, 2.05) is 70.2 Å². The van der Waals surface area contributed by atoms with Crippen molar-refractivity contribution in [2.75, 3.05) is 0 Å². The Hall–Kier alpha value is -2.35. The minimum Gasteiger partial charge on any atom is -0.295 e. The molecule has 3 heteroatoms. The first-order chi connectivity index (χ1) is 15.7. The molecule has 0 saturated heterocycles. The number of Topliss-reactive ketones (excluding diaryl/α,β-unsaturated/α-hetero) is 1. The highest BCUT2D eigenvalue weighted by Crippen LogP contribution is 2.27. The molecule has 0 aromatic heterocycles. The number of carbonyl (C=O) groups excluding carboxylic acids is 1. The Labute approximate surface area is 210 Å². The summed E-state index contributed by atoms with van der Waals surface area (Å²) in [5.41, 5.74) is 7.85. The van der Waals surface area contributed by atoms with Crippen LogP contribution in [0.2, 0.25) is 10.0 Å². The Balaban J connectivity index is 0.000000454. The number of hydrogen-bond donors (Lipinski definition) is 0. The summed E-state index contributed by atoms with van der Waals surface area (Å²) in [6, 6.07) is 22.0. The minimum absolute atomic E-state index is 0.107. The lowest BCUT2D eigenvalue weighted by molar-refractivity contribution is -0.113. The lowest BCUT2D eigenvalue weighted by atomic mass is 9.92. The predicted octanol–water partition coefficient (Wildman–Crippen LogP) is 9.63. The molecule has 0 N–H and O–H groups in total. The van der Waals surface area contributed by atoms with Crippen molar-refractivity contribution in [3.63, 3.8) is 0 Å². The second-order valence-electron chi connectivity index (χ2n) is 7.90. The Morgan fingerprint density at radius 3 is 1.70 bits per heavy atom. The van der Waals surface area contributed by atoms with Crippen LogP contribution in [0.3, 0.4) is 0 Å². The molecule has 3 rings (SSSR count). The Bertz CT molecular complexity index is 1020. The second kappa shape index (κ2) is 14.7. The van der Waals surface area contributed by atoms with Gasteiger partial charge >= 0.3 is 0 Å². The molecule has 0 fully saturated rings. The molecule has 0 spiro atoms. The van der Waals surface area contributed by atoms with Crippen molar-refractivity contribution in [3.8, 4) is 0 Å². The molecular formula is C30H36Cl2O. The number of rotatable bonds is 5. The fraction of sp³-hybridized carbons (Fsp3) is 0.300. The number of benzene rings is 3. The Morgan fingerprint density at radius 2 is 1.21 bits per heavy atom. The van der Waals surface area contributed by atoms with Gasteiger partial charge in [0.25, 0.3) is 0 Å². The zero-order valence-corrected chi connectivity index (χ0v) is 22.4. The lowest BCUT2D eigenvalue weighted by Gasteiger charge is -2.13. The van der Waals surface area contributed by atoms with Crippen LogP contribution in [-0.4, -0.2) is 5.78 Å². The van der Waals surface area contributed by atoms with Crippen molar-refractivity contribution >= 4 is 34.6 Å². The van der Waals surface area contributed by atoms with Crippen LogP contribution in [0.25, 0.3) is 5.57 Å². The molecule has 0 amide bonds. The maximum atomic E-state index is 12.1. The van der Waals surface area contributed by atoms with E-state index in [2.05, 4.69) is 38.1 Å². The van der Waals surface area contributed by atoms with E-state index in [4.69, 9.17) is 23.2 Å². The van der Waals surface area contributed by atoms with Gasteiger partial charge in [0.2, 0.25) is 0 Å². The molecule has 3 aromatic carbocycles.